The zero-order valence-electron chi connectivity index (χ0n) is 14.7. The van der Waals surface area contributed by atoms with Crippen LogP contribution in [0.5, 0.6) is 0 Å². The van der Waals surface area contributed by atoms with Gasteiger partial charge < -0.3 is 4.98 Å². The van der Waals surface area contributed by atoms with E-state index in [1.807, 2.05) is 0 Å². The van der Waals surface area contributed by atoms with E-state index < -0.39 is 11.7 Å². The molecule has 0 radical (unpaired) electrons. The van der Waals surface area contributed by atoms with E-state index in [1.54, 1.807) is 31.2 Å². The Bertz CT molecular complexity index is 1250. The molecule has 2 aromatic heterocycles. The first-order valence-corrected chi connectivity index (χ1v) is 9.46. The Hall–Kier alpha value is -2.28. The van der Waals surface area contributed by atoms with Crippen molar-refractivity contribution in [3.8, 4) is 22.6 Å². The molecule has 0 fully saturated rings. The summed E-state index contributed by atoms with van der Waals surface area (Å²) in [4.78, 5) is 11.6. The van der Waals surface area contributed by atoms with Gasteiger partial charge in [0.2, 0.25) is 0 Å². The quantitative estimate of drug-likeness (QED) is 0.338. The fraction of sp³-hybridized carbons (Fsp3) is 0.100. The second-order valence-electron chi connectivity index (χ2n) is 6.45. The first-order chi connectivity index (χ1) is 13.6. The van der Waals surface area contributed by atoms with E-state index in [2.05, 4.69) is 15.0 Å². The standard InChI is InChI=1S/C20H11Cl3F3N3/c1-9-4-11(20(24,25)26)6-16-17(9)29-19(28-16)13-3-2-10(5-14(13)22)18-15(23)7-12(21)8-27-18/h2-8H,1H3,(H,28,29). The number of nitrogens with one attached hydrogen (secondary N) is 1. The van der Waals surface area contributed by atoms with Crippen molar-refractivity contribution in [3.63, 3.8) is 0 Å². The van der Waals surface area contributed by atoms with Gasteiger partial charge in [-0.1, -0.05) is 40.9 Å². The molecule has 0 saturated heterocycles. The number of pyridine rings is 1. The van der Waals surface area contributed by atoms with Crippen LogP contribution in [0.1, 0.15) is 11.1 Å². The Morgan fingerprint density at radius 3 is 2.38 bits per heavy atom. The summed E-state index contributed by atoms with van der Waals surface area (Å²) in [6.45, 7) is 1.58. The number of hydrogen-bond donors (Lipinski definition) is 1. The van der Waals surface area contributed by atoms with Gasteiger partial charge in [0.05, 0.1) is 37.4 Å². The van der Waals surface area contributed by atoms with Gasteiger partial charge in [0.15, 0.2) is 0 Å². The molecule has 9 heteroatoms. The highest BCUT2D eigenvalue weighted by molar-refractivity contribution is 6.36. The maximum Gasteiger partial charge on any atom is 0.416 e. The van der Waals surface area contributed by atoms with Gasteiger partial charge in [0, 0.05) is 17.3 Å². The van der Waals surface area contributed by atoms with Gasteiger partial charge in [0.25, 0.3) is 0 Å². The van der Waals surface area contributed by atoms with E-state index in [-0.39, 0.29) is 5.52 Å². The summed E-state index contributed by atoms with van der Waals surface area (Å²) in [5, 5.41) is 1.14. The van der Waals surface area contributed by atoms with Crippen LogP contribution >= 0.6 is 34.8 Å². The first-order valence-electron chi connectivity index (χ1n) is 8.32. The Balaban J connectivity index is 1.79. The van der Waals surface area contributed by atoms with Gasteiger partial charge in [-0.2, -0.15) is 13.2 Å². The fourth-order valence-corrected chi connectivity index (χ4v) is 3.82. The lowest BCUT2D eigenvalue weighted by Crippen LogP contribution is -2.05. The van der Waals surface area contributed by atoms with Crippen molar-refractivity contribution in [1.82, 2.24) is 15.0 Å². The molecule has 0 atom stereocenters. The van der Waals surface area contributed by atoms with Gasteiger partial charge >= 0.3 is 6.18 Å². The third-order valence-corrected chi connectivity index (χ3v) is 5.22. The van der Waals surface area contributed by atoms with Crippen LogP contribution in [-0.4, -0.2) is 15.0 Å². The van der Waals surface area contributed by atoms with Crippen molar-refractivity contribution in [2.24, 2.45) is 0 Å². The molecule has 0 saturated carbocycles. The number of rotatable bonds is 2. The lowest BCUT2D eigenvalue weighted by molar-refractivity contribution is -0.137. The molecule has 0 spiro atoms. The van der Waals surface area contributed by atoms with E-state index in [0.717, 1.165) is 12.1 Å². The number of nitrogens with zero attached hydrogens (tertiary/aromatic N) is 2. The molecular formula is C20H11Cl3F3N3. The minimum atomic E-state index is -4.44. The molecule has 2 aromatic carbocycles. The number of alkyl halides is 3. The molecule has 1 N–H and O–H groups in total. The second-order valence-corrected chi connectivity index (χ2v) is 7.70. The monoisotopic (exact) mass is 455 g/mol. The number of benzene rings is 2. The van der Waals surface area contributed by atoms with Crippen LogP contribution in [0.4, 0.5) is 13.2 Å². The number of hydrogen-bond acceptors (Lipinski definition) is 2. The number of imidazole rings is 1. The second kappa shape index (κ2) is 7.20. The average molecular weight is 457 g/mol. The predicted molar refractivity (Wildman–Crippen MR) is 110 cm³/mol. The SMILES string of the molecule is Cc1cc(C(F)(F)F)cc2[nH]c(-c3ccc(-c4ncc(Cl)cc4Cl)cc3Cl)nc12. The molecule has 4 rings (SSSR count). The molecule has 0 aliphatic rings. The Morgan fingerprint density at radius 1 is 0.966 bits per heavy atom. The van der Waals surface area contributed by atoms with E-state index in [1.165, 1.54) is 6.20 Å². The summed E-state index contributed by atoms with van der Waals surface area (Å²) in [7, 11) is 0. The van der Waals surface area contributed by atoms with Crippen molar-refractivity contribution in [2.45, 2.75) is 13.1 Å². The molecule has 0 aliphatic heterocycles. The summed E-state index contributed by atoms with van der Waals surface area (Å²) >= 11 is 18.5. The van der Waals surface area contributed by atoms with Crippen LogP contribution in [0.15, 0.2) is 42.6 Å². The molecule has 0 aliphatic carbocycles. The molecule has 2 heterocycles. The maximum atomic E-state index is 13.1. The minimum Gasteiger partial charge on any atom is -0.338 e. The van der Waals surface area contributed by atoms with Gasteiger partial charge in [-0.3, -0.25) is 4.98 Å². The van der Waals surface area contributed by atoms with Gasteiger partial charge in [-0.05, 0) is 42.8 Å². The molecular weight excluding hydrogens is 446 g/mol. The zero-order valence-corrected chi connectivity index (χ0v) is 17.0. The Kier molecular flexibility index (Phi) is 4.97. The number of aryl methyl sites for hydroxylation is 1. The Morgan fingerprint density at radius 2 is 1.72 bits per heavy atom. The molecule has 3 nitrogen and oxygen atoms in total. The van der Waals surface area contributed by atoms with Crippen molar-refractivity contribution in [1.29, 1.82) is 0 Å². The summed E-state index contributed by atoms with van der Waals surface area (Å²) in [5.41, 5.74) is 2.16. The van der Waals surface area contributed by atoms with Crippen LogP contribution < -0.4 is 0 Å². The van der Waals surface area contributed by atoms with Crippen LogP contribution in [0.2, 0.25) is 15.1 Å². The highest BCUT2D eigenvalue weighted by Gasteiger charge is 2.31. The third-order valence-electron chi connectivity index (χ3n) is 4.41. The summed E-state index contributed by atoms with van der Waals surface area (Å²) in [6.07, 6.45) is -2.96. The topological polar surface area (TPSA) is 41.6 Å². The molecule has 4 aromatic rings. The largest absolute Gasteiger partial charge is 0.416 e. The third kappa shape index (κ3) is 3.80. The number of H-pyrrole nitrogens is 1. The first kappa shape index (κ1) is 20.0. The molecule has 0 unspecified atom stereocenters. The smallest absolute Gasteiger partial charge is 0.338 e. The van der Waals surface area contributed by atoms with Crippen LogP contribution in [-0.2, 0) is 6.18 Å². The van der Waals surface area contributed by atoms with Crippen LogP contribution in [0.25, 0.3) is 33.7 Å². The average Bonchev–Trinajstić information content (AvgIpc) is 3.05. The lowest BCUT2D eigenvalue weighted by atomic mass is 10.1. The minimum absolute atomic E-state index is 0.287. The van der Waals surface area contributed by atoms with Gasteiger partial charge in [-0.15, -0.1) is 0 Å². The van der Waals surface area contributed by atoms with E-state index >= 15 is 0 Å². The van der Waals surface area contributed by atoms with Gasteiger partial charge in [0.1, 0.15) is 5.82 Å². The van der Waals surface area contributed by atoms with Crippen molar-refractivity contribution >= 4 is 45.8 Å². The highest BCUT2D eigenvalue weighted by atomic mass is 35.5. The number of aromatic nitrogens is 3. The van der Waals surface area contributed by atoms with Crippen molar-refractivity contribution in [3.05, 3.63) is 68.8 Å². The van der Waals surface area contributed by atoms with Crippen molar-refractivity contribution in [2.75, 3.05) is 0 Å². The Labute approximate surface area is 178 Å². The van der Waals surface area contributed by atoms with E-state index in [4.69, 9.17) is 34.8 Å². The molecule has 29 heavy (non-hydrogen) atoms. The number of aromatic amines is 1. The highest BCUT2D eigenvalue weighted by Crippen LogP contribution is 2.36. The van der Waals surface area contributed by atoms with Crippen molar-refractivity contribution < 1.29 is 13.2 Å². The van der Waals surface area contributed by atoms with E-state index in [9.17, 15) is 13.2 Å². The predicted octanol–water partition coefficient (Wildman–Crippen LogP) is 7.58. The number of fused-ring (bicyclic) bond motifs is 1. The summed E-state index contributed by atoms with van der Waals surface area (Å²) < 4.78 is 39.2. The van der Waals surface area contributed by atoms with Gasteiger partial charge in [-0.25, -0.2) is 4.98 Å². The normalized spacial score (nSPS) is 12.0. The summed E-state index contributed by atoms with van der Waals surface area (Å²) in [5.74, 6) is 0.370. The number of halogens is 6. The fourth-order valence-electron chi connectivity index (χ4n) is 3.06. The molecule has 0 amide bonds. The maximum absolute atomic E-state index is 13.1. The summed E-state index contributed by atoms with van der Waals surface area (Å²) in [6, 6.07) is 8.82. The van der Waals surface area contributed by atoms with Crippen LogP contribution in [0, 0.1) is 6.92 Å². The zero-order chi connectivity index (χ0) is 20.9. The van der Waals surface area contributed by atoms with E-state index in [0.29, 0.717) is 48.8 Å². The van der Waals surface area contributed by atoms with Crippen LogP contribution in [0.3, 0.4) is 0 Å². The lowest BCUT2D eigenvalue weighted by Gasteiger charge is -2.07. The molecule has 0 bridgehead atoms. The molecule has 148 valence electrons.